The molecule has 2 aliphatic carbocycles. The number of hydrogen-bond acceptors (Lipinski definition) is 4. The molecule has 2 fully saturated rings. The molecule has 4 rings (SSSR count). The van der Waals surface area contributed by atoms with Crippen LogP contribution in [0.3, 0.4) is 0 Å². The molecule has 1 aromatic heterocycles. The summed E-state index contributed by atoms with van der Waals surface area (Å²) in [5.74, 6) is 1.18. The number of piperidine rings is 1. The molecule has 3 aliphatic rings. The van der Waals surface area contributed by atoms with Gasteiger partial charge in [-0.3, -0.25) is 4.79 Å². The van der Waals surface area contributed by atoms with E-state index in [1.54, 1.807) is 11.3 Å². The van der Waals surface area contributed by atoms with Crippen molar-refractivity contribution in [1.82, 2.24) is 4.98 Å². The maximum atomic E-state index is 12.4. The van der Waals surface area contributed by atoms with Crippen molar-refractivity contribution in [3.05, 3.63) is 10.6 Å². The second-order valence-electron chi connectivity index (χ2n) is 7.81. The zero-order chi connectivity index (χ0) is 14.6. The van der Waals surface area contributed by atoms with Gasteiger partial charge in [0, 0.05) is 19.0 Å². The molecule has 1 aromatic rings. The lowest BCUT2D eigenvalue weighted by Crippen LogP contribution is -2.42. The fourth-order valence-electron chi connectivity index (χ4n) is 4.52. The summed E-state index contributed by atoms with van der Waals surface area (Å²) in [6.45, 7) is 5.49. The Bertz CT molecular complexity index is 577. The van der Waals surface area contributed by atoms with Gasteiger partial charge >= 0.3 is 0 Å². The van der Waals surface area contributed by atoms with Crippen LogP contribution < -0.4 is 4.90 Å². The fourth-order valence-corrected chi connectivity index (χ4v) is 5.63. The second-order valence-corrected chi connectivity index (χ2v) is 8.78. The third kappa shape index (κ3) is 2.32. The summed E-state index contributed by atoms with van der Waals surface area (Å²) in [5.41, 5.74) is 1.14. The van der Waals surface area contributed by atoms with Gasteiger partial charge in [0.1, 0.15) is 0 Å². The molecule has 0 bridgehead atoms. The Labute approximate surface area is 130 Å². The largest absolute Gasteiger partial charge is 0.345 e. The maximum absolute atomic E-state index is 12.4. The standard InChI is InChI=1S/C17H24N2OS/c1-17(2)9-12-15(14(20)10-17)21-16(18-12)19-8-4-6-11-5-3-7-13(11)19/h11,13H,3-10H2,1-2H3. The van der Waals surface area contributed by atoms with Crippen LogP contribution in [0.2, 0.25) is 0 Å². The van der Waals surface area contributed by atoms with Crippen molar-refractivity contribution in [1.29, 1.82) is 0 Å². The summed E-state index contributed by atoms with van der Waals surface area (Å²) in [7, 11) is 0. The molecule has 21 heavy (non-hydrogen) atoms. The van der Waals surface area contributed by atoms with E-state index in [2.05, 4.69) is 18.7 Å². The zero-order valence-corrected chi connectivity index (χ0v) is 13.8. The van der Waals surface area contributed by atoms with Gasteiger partial charge in [0.25, 0.3) is 0 Å². The molecule has 3 nitrogen and oxygen atoms in total. The van der Waals surface area contributed by atoms with Crippen LogP contribution in [0.15, 0.2) is 0 Å². The average molecular weight is 304 g/mol. The number of thiazole rings is 1. The van der Waals surface area contributed by atoms with Crippen molar-refractivity contribution in [2.24, 2.45) is 11.3 Å². The minimum Gasteiger partial charge on any atom is -0.345 e. The molecule has 2 heterocycles. The monoisotopic (exact) mass is 304 g/mol. The molecule has 0 amide bonds. The van der Waals surface area contributed by atoms with E-state index < -0.39 is 0 Å². The molecule has 114 valence electrons. The number of carbonyl (C=O) groups is 1. The van der Waals surface area contributed by atoms with Gasteiger partial charge in [-0.25, -0.2) is 4.98 Å². The summed E-state index contributed by atoms with van der Waals surface area (Å²) >= 11 is 1.66. The number of rotatable bonds is 1. The van der Waals surface area contributed by atoms with Gasteiger partial charge in [0.05, 0.1) is 10.6 Å². The zero-order valence-electron chi connectivity index (χ0n) is 13.0. The highest BCUT2D eigenvalue weighted by Crippen LogP contribution is 2.43. The number of carbonyl (C=O) groups excluding carboxylic acids is 1. The maximum Gasteiger partial charge on any atom is 0.186 e. The average Bonchev–Trinajstić information content (AvgIpc) is 3.02. The van der Waals surface area contributed by atoms with Gasteiger partial charge < -0.3 is 4.90 Å². The predicted octanol–water partition coefficient (Wildman–Crippen LogP) is 4.07. The molecule has 0 spiro atoms. The first kappa shape index (κ1) is 13.7. The molecular formula is C17H24N2OS. The van der Waals surface area contributed by atoms with E-state index >= 15 is 0 Å². The molecule has 1 saturated carbocycles. The van der Waals surface area contributed by atoms with Crippen LogP contribution >= 0.6 is 11.3 Å². The molecule has 0 radical (unpaired) electrons. The Morgan fingerprint density at radius 1 is 1.19 bits per heavy atom. The Kier molecular flexibility index (Phi) is 3.14. The molecule has 0 N–H and O–H groups in total. The Balaban J connectivity index is 1.66. The molecule has 2 atom stereocenters. The molecular weight excluding hydrogens is 280 g/mol. The number of aromatic nitrogens is 1. The van der Waals surface area contributed by atoms with E-state index in [0.29, 0.717) is 18.2 Å². The van der Waals surface area contributed by atoms with Crippen LogP contribution in [0.4, 0.5) is 5.13 Å². The lowest BCUT2D eigenvalue weighted by atomic mass is 9.78. The Morgan fingerprint density at radius 2 is 2.00 bits per heavy atom. The Hall–Kier alpha value is -0.900. The normalized spacial score (nSPS) is 31.1. The number of anilines is 1. The third-order valence-electron chi connectivity index (χ3n) is 5.46. The van der Waals surface area contributed by atoms with E-state index in [1.807, 2.05) is 0 Å². The van der Waals surface area contributed by atoms with Crippen molar-refractivity contribution in [2.45, 2.75) is 64.8 Å². The molecule has 2 unspecified atom stereocenters. The van der Waals surface area contributed by atoms with Crippen molar-refractivity contribution in [3.63, 3.8) is 0 Å². The number of fused-ring (bicyclic) bond motifs is 2. The lowest BCUT2D eigenvalue weighted by molar-refractivity contribution is 0.0916. The van der Waals surface area contributed by atoms with E-state index in [-0.39, 0.29) is 5.41 Å². The highest BCUT2D eigenvalue weighted by Gasteiger charge is 2.39. The van der Waals surface area contributed by atoms with Gasteiger partial charge in [-0.1, -0.05) is 31.6 Å². The van der Waals surface area contributed by atoms with Gasteiger partial charge in [0.15, 0.2) is 10.9 Å². The summed E-state index contributed by atoms with van der Waals surface area (Å²) in [4.78, 5) is 20.8. The predicted molar refractivity (Wildman–Crippen MR) is 86.3 cm³/mol. The molecule has 0 aromatic carbocycles. The van der Waals surface area contributed by atoms with E-state index in [4.69, 9.17) is 4.98 Å². The third-order valence-corrected chi connectivity index (χ3v) is 6.64. The molecule has 1 saturated heterocycles. The lowest BCUT2D eigenvalue weighted by Gasteiger charge is -2.37. The minimum absolute atomic E-state index is 0.0766. The van der Waals surface area contributed by atoms with E-state index in [1.165, 1.54) is 32.1 Å². The first-order chi connectivity index (χ1) is 10.0. The van der Waals surface area contributed by atoms with Crippen molar-refractivity contribution >= 4 is 22.3 Å². The second kappa shape index (κ2) is 4.80. The summed E-state index contributed by atoms with van der Waals surface area (Å²) in [6, 6.07) is 0.689. The van der Waals surface area contributed by atoms with E-state index in [9.17, 15) is 4.79 Å². The van der Waals surface area contributed by atoms with Gasteiger partial charge in [-0.2, -0.15) is 0 Å². The topological polar surface area (TPSA) is 33.2 Å². The summed E-state index contributed by atoms with van der Waals surface area (Å²) in [6.07, 6.45) is 8.36. The van der Waals surface area contributed by atoms with Crippen molar-refractivity contribution in [2.75, 3.05) is 11.4 Å². The van der Waals surface area contributed by atoms with Gasteiger partial charge in [0.2, 0.25) is 0 Å². The Morgan fingerprint density at radius 3 is 2.86 bits per heavy atom. The van der Waals surface area contributed by atoms with Gasteiger partial charge in [-0.15, -0.1) is 0 Å². The van der Waals surface area contributed by atoms with Crippen LogP contribution in [0, 0.1) is 11.3 Å². The molecule has 4 heteroatoms. The van der Waals surface area contributed by atoms with Gasteiger partial charge in [-0.05, 0) is 43.4 Å². The SMILES string of the molecule is CC1(C)CC(=O)c2sc(N3CCCC4CCCC43)nc2C1. The smallest absolute Gasteiger partial charge is 0.186 e. The highest BCUT2D eigenvalue weighted by atomic mass is 32.1. The van der Waals surface area contributed by atoms with Crippen molar-refractivity contribution < 1.29 is 4.79 Å². The van der Waals surface area contributed by atoms with Crippen LogP contribution in [0.1, 0.15) is 67.7 Å². The van der Waals surface area contributed by atoms with Crippen LogP contribution in [-0.2, 0) is 6.42 Å². The first-order valence-corrected chi connectivity index (χ1v) is 9.15. The quantitative estimate of drug-likeness (QED) is 0.784. The minimum atomic E-state index is 0.0766. The van der Waals surface area contributed by atoms with Crippen LogP contribution in [-0.4, -0.2) is 23.4 Å². The summed E-state index contributed by atoms with van der Waals surface area (Å²) < 4.78 is 0. The highest BCUT2D eigenvalue weighted by molar-refractivity contribution is 7.17. The number of nitrogens with zero attached hydrogens (tertiary/aromatic N) is 2. The number of hydrogen-bond donors (Lipinski definition) is 0. The first-order valence-electron chi connectivity index (χ1n) is 8.33. The van der Waals surface area contributed by atoms with E-state index in [0.717, 1.165) is 34.6 Å². The number of ketones is 1. The summed E-state index contributed by atoms with van der Waals surface area (Å²) in [5, 5.41) is 1.13. The van der Waals surface area contributed by atoms with Crippen molar-refractivity contribution in [3.8, 4) is 0 Å². The van der Waals surface area contributed by atoms with Crippen LogP contribution in [0.5, 0.6) is 0 Å². The van der Waals surface area contributed by atoms with Crippen LogP contribution in [0.25, 0.3) is 0 Å². The number of Topliss-reactive ketones (excluding diaryl/α,β-unsaturated/α-hetero) is 1. The molecule has 1 aliphatic heterocycles. The fraction of sp³-hybridized carbons (Fsp3) is 0.765.